The second-order valence-corrected chi connectivity index (χ2v) is 4.28. The number of anilines is 1. The summed E-state index contributed by atoms with van der Waals surface area (Å²) in [6.45, 7) is 2.29. The van der Waals surface area contributed by atoms with Gasteiger partial charge in [-0.25, -0.2) is 4.39 Å². The normalized spacial score (nSPS) is 10.6. The second-order valence-electron chi connectivity index (χ2n) is 3.87. The molecule has 0 aliphatic rings. The molecule has 2 aromatic rings. The molecule has 2 rings (SSSR count). The average molecular weight is 254 g/mol. The maximum atomic E-state index is 13.6. The highest BCUT2D eigenvalue weighted by atomic mass is 35.5. The lowest BCUT2D eigenvalue weighted by Gasteiger charge is -2.06. The zero-order valence-corrected chi connectivity index (χ0v) is 10.4. The summed E-state index contributed by atoms with van der Waals surface area (Å²) < 4.78 is 15.3. The number of halogens is 2. The van der Waals surface area contributed by atoms with Crippen molar-refractivity contribution in [2.24, 2.45) is 7.05 Å². The number of benzene rings is 1. The van der Waals surface area contributed by atoms with Crippen molar-refractivity contribution in [3.8, 4) is 0 Å². The van der Waals surface area contributed by atoms with Crippen LogP contribution in [0.25, 0.3) is 0 Å². The van der Waals surface area contributed by atoms with Gasteiger partial charge in [0.05, 0.1) is 16.4 Å². The van der Waals surface area contributed by atoms with Gasteiger partial charge >= 0.3 is 0 Å². The van der Waals surface area contributed by atoms with E-state index in [9.17, 15) is 4.39 Å². The van der Waals surface area contributed by atoms with Crippen LogP contribution in [-0.2, 0) is 13.6 Å². The summed E-state index contributed by atoms with van der Waals surface area (Å²) in [4.78, 5) is 0. The highest BCUT2D eigenvalue weighted by Gasteiger charge is 2.07. The molecule has 0 saturated heterocycles. The Kier molecular flexibility index (Phi) is 3.33. The summed E-state index contributed by atoms with van der Waals surface area (Å²) in [5, 5.41) is 7.48. The first kappa shape index (κ1) is 11.9. The van der Waals surface area contributed by atoms with Crippen LogP contribution in [0, 0.1) is 12.7 Å². The fourth-order valence-corrected chi connectivity index (χ4v) is 1.84. The Labute approximate surface area is 104 Å². The van der Waals surface area contributed by atoms with E-state index in [2.05, 4.69) is 10.4 Å². The van der Waals surface area contributed by atoms with Crippen LogP contribution < -0.4 is 5.32 Å². The predicted octanol–water partition coefficient (Wildman–Crippen LogP) is 3.13. The number of aromatic nitrogens is 2. The summed E-state index contributed by atoms with van der Waals surface area (Å²) in [6.07, 6.45) is 1.86. The smallest absolute Gasteiger partial charge is 0.146 e. The van der Waals surface area contributed by atoms with Gasteiger partial charge in [-0.2, -0.15) is 5.10 Å². The van der Waals surface area contributed by atoms with Crippen molar-refractivity contribution in [2.75, 3.05) is 5.32 Å². The molecule has 17 heavy (non-hydrogen) atoms. The van der Waals surface area contributed by atoms with Gasteiger partial charge in [-0.1, -0.05) is 23.7 Å². The molecule has 0 fully saturated rings. The van der Waals surface area contributed by atoms with Crippen molar-refractivity contribution < 1.29 is 4.39 Å². The Balaban J connectivity index is 2.12. The molecule has 0 atom stereocenters. The number of aryl methyl sites for hydroxylation is 2. The third-order valence-corrected chi connectivity index (χ3v) is 2.81. The van der Waals surface area contributed by atoms with Crippen LogP contribution in [0.3, 0.4) is 0 Å². The summed E-state index contributed by atoms with van der Waals surface area (Å²) in [5.41, 5.74) is 2.32. The van der Waals surface area contributed by atoms with Crippen LogP contribution in [0.5, 0.6) is 0 Å². The summed E-state index contributed by atoms with van der Waals surface area (Å²) in [5.74, 6) is -0.372. The molecular formula is C12H13ClFN3. The maximum Gasteiger partial charge on any atom is 0.146 e. The summed E-state index contributed by atoms with van der Waals surface area (Å²) in [7, 11) is 1.85. The number of hydrogen-bond acceptors (Lipinski definition) is 2. The van der Waals surface area contributed by atoms with E-state index in [1.165, 1.54) is 6.07 Å². The molecule has 0 spiro atoms. The molecular weight excluding hydrogens is 241 g/mol. The van der Waals surface area contributed by atoms with Crippen molar-refractivity contribution >= 4 is 17.3 Å². The Hall–Kier alpha value is -1.55. The molecule has 1 heterocycles. The maximum absolute atomic E-state index is 13.6. The molecule has 5 heteroatoms. The molecule has 1 aromatic heterocycles. The highest BCUT2D eigenvalue weighted by molar-refractivity contribution is 6.30. The fraction of sp³-hybridized carbons (Fsp3) is 0.250. The quantitative estimate of drug-likeness (QED) is 0.911. The van der Waals surface area contributed by atoms with Gasteiger partial charge in [0.1, 0.15) is 5.82 Å². The Morgan fingerprint density at radius 3 is 2.88 bits per heavy atom. The third-order valence-electron chi connectivity index (χ3n) is 2.51. The first-order chi connectivity index (χ1) is 8.08. The minimum atomic E-state index is -0.372. The molecule has 90 valence electrons. The second kappa shape index (κ2) is 4.75. The topological polar surface area (TPSA) is 29.9 Å². The van der Waals surface area contributed by atoms with Crippen LogP contribution in [0.1, 0.15) is 11.3 Å². The third kappa shape index (κ3) is 2.58. The van der Waals surface area contributed by atoms with Crippen LogP contribution in [0.4, 0.5) is 10.1 Å². The first-order valence-electron chi connectivity index (χ1n) is 5.25. The van der Waals surface area contributed by atoms with E-state index in [0.29, 0.717) is 12.1 Å². The lowest BCUT2D eigenvalue weighted by molar-refractivity contribution is 0.613. The van der Waals surface area contributed by atoms with Gasteiger partial charge in [0.2, 0.25) is 0 Å². The zero-order chi connectivity index (χ0) is 12.4. The average Bonchev–Trinajstić information content (AvgIpc) is 2.60. The van der Waals surface area contributed by atoms with E-state index in [1.54, 1.807) is 16.8 Å². The monoisotopic (exact) mass is 253 g/mol. The number of nitrogens with zero attached hydrogens (tertiary/aromatic N) is 2. The molecule has 0 amide bonds. The van der Waals surface area contributed by atoms with E-state index >= 15 is 0 Å². The largest absolute Gasteiger partial charge is 0.378 e. The van der Waals surface area contributed by atoms with Gasteiger partial charge < -0.3 is 5.32 Å². The number of nitrogens with one attached hydrogen (secondary N) is 1. The lowest BCUT2D eigenvalue weighted by atomic mass is 10.2. The molecule has 1 aromatic carbocycles. The van der Waals surface area contributed by atoms with Crippen molar-refractivity contribution in [1.82, 2.24) is 9.78 Å². The van der Waals surface area contributed by atoms with Gasteiger partial charge in [0.25, 0.3) is 0 Å². The molecule has 0 aliphatic heterocycles. The van der Waals surface area contributed by atoms with Crippen LogP contribution in [-0.4, -0.2) is 9.78 Å². The van der Waals surface area contributed by atoms with E-state index < -0.39 is 0 Å². The molecule has 0 unspecified atom stereocenters. The summed E-state index contributed by atoms with van der Waals surface area (Å²) in [6, 6.07) is 4.98. The van der Waals surface area contributed by atoms with Gasteiger partial charge in [0.15, 0.2) is 0 Å². The van der Waals surface area contributed by atoms with Crippen LogP contribution in [0.2, 0.25) is 5.02 Å². The van der Waals surface area contributed by atoms with Crippen LogP contribution >= 0.6 is 11.6 Å². The van der Waals surface area contributed by atoms with Gasteiger partial charge in [-0.3, -0.25) is 4.68 Å². The molecule has 0 aliphatic carbocycles. The Bertz CT molecular complexity index is 537. The molecule has 0 bridgehead atoms. The van der Waals surface area contributed by atoms with E-state index in [0.717, 1.165) is 11.4 Å². The Morgan fingerprint density at radius 2 is 2.24 bits per heavy atom. The minimum Gasteiger partial charge on any atom is -0.378 e. The van der Waals surface area contributed by atoms with Crippen molar-refractivity contribution in [3.05, 3.63) is 46.5 Å². The lowest BCUT2D eigenvalue weighted by Crippen LogP contribution is -2.02. The minimum absolute atomic E-state index is 0.146. The molecule has 3 nitrogen and oxygen atoms in total. The zero-order valence-electron chi connectivity index (χ0n) is 9.67. The summed E-state index contributed by atoms with van der Waals surface area (Å²) >= 11 is 5.71. The van der Waals surface area contributed by atoms with Crippen molar-refractivity contribution in [3.63, 3.8) is 0 Å². The predicted molar refractivity (Wildman–Crippen MR) is 66.7 cm³/mol. The number of rotatable bonds is 3. The molecule has 0 radical (unpaired) electrons. The van der Waals surface area contributed by atoms with E-state index in [-0.39, 0.29) is 10.8 Å². The molecule has 1 N–H and O–H groups in total. The SMILES string of the molecule is Cc1nn(C)cc1NCc1cccc(Cl)c1F. The van der Waals surface area contributed by atoms with Gasteiger partial charge in [0, 0.05) is 25.4 Å². The Morgan fingerprint density at radius 1 is 1.47 bits per heavy atom. The van der Waals surface area contributed by atoms with E-state index in [4.69, 9.17) is 11.6 Å². The van der Waals surface area contributed by atoms with Gasteiger partial charge in [-0.05, 0) is 13.0 Å². The molecule has 0 saturated carbocycles. The highest BCUT2D eigenvalue weighted by Crippen LogP contribution is 2.19. The van der Waals surface area contributed by atoms with Gasteiger partial charge in [-0.15, -0.1) is 0 Å². The van der Waals surface area contributed by atoms with Crippen molar-refractivity contribution in [2.45, 2.75) is 13.5 Å². The van der Waals surface area contributed by atoms with Crippen molar-refractivity contribution in [1.29, 1.82) is 0 Å². The number of hydrogen-bond donors (Lipinski definition) is 1. The standard InChI is InChI=1S/C12H13ClFN3/c1-8-11(7-17(2)16-8)15-6-9-4-3-5-10(13)12(9)14/h3-5,7,15H,6H2,1-2H3. The van der Waals surface area contributed by atoms with E-state index in [1.807, 2.05) is 20.2 Å². The first-order valence-corrected chi connectivity index (χ1v) is 5.62. The van der Waals surface area contributed by atoms with Crippen LogP contribution in [0.15, 0.2) is 24.4 Å². The fourth-order valence-electron chi connectivity index (χ4n) is 1.65.